The molecule has 1 N–H and O–H groups in total. The zero-order valence-electron chi connectivity index (χ0n) is 18.5. The number of alkyl halides is 3. The van der Waals surface area contributed by atoms with Crippen molar-refractivity contribution < 1.29 is 13.2 Å². The summed E-state index contributed by atoms with van der Waals surface area (Å²) >= 11 is 2.03. The van der Waals surface area contributed by atoms with E-state index < -0.39 is 11.7 Å². The Hall–Kier alpha value is -3.32. The number of aryl methyl sites for hydroxylation is 1. The van der Waals surface area contributed by atoms with Crippen molar-refractivity contribution >= 4 is 28.5 Å². The predicted octanol–water partition coefficient (Wildman–Crippen LogP) is 5.86. The van der Waals surface area contributed by atoms with Crippen LogP contribution in [0.3, 0.4) is 0 Å². The van der Waals surface area contributed by atoms with Crippen LogP contribution in [0.2, 0.25) is 0 Å². The van der Waals surface area contributed by atoms with E-state index in [1.54, 1.807) is 13.7 Å². The maximum atomic E-state index is 13.4. The maximum absolute atomic E-state index is 13.4. The molecule has 0 aliphatic rings. The van der Waals surface area contributed by atoms with Gasteiger partial charge < -0.3 is 4.98 Å². The molecule has 0 unspecified atom stereocenters. The lowest BCUT2D eigenvalue weighted by atomic mass is 10.1. The molecule has 0 saturated heterocycles. The Kier molecular flexibility index (Phi) is 6.28. The van der Waals surface area contributed by atoms with Crippen molar-refractivity contribution in [2.75, 3.05) is 0 Å². The molecule has 5 rings (SSSR count). The Bertz CT molecular complexity index is 1490. The van der Waals surface area contributed by atoms with E-state index in [1.165, 1.54) is 18.5 Å². The Balaban J connectivity index is 1.49. The van der Waals surface area contributed by atoms with Crippen LogP contribution in [0.1, 0.15) is 22.6 Å². The molecule has 0 fully saturated rings. The third-order valence-electron chi connectivity index (χ3n) is 5.43. The third-order valence-corrected chi connectivity index (χ3v) is 6.11. The number of hydrogen-bond donors (Lipinski definition) is 1. The number of aromatic amines is 1. The van der Waals surface area contributed by atoms with Crippen molar-refractivity contribution in [3.8, 4) is 22.6 Å². The molecule has 0 bridgehead atoms. The van der Waals surface area contributed by atoms with Gasteiger partial charge in [-0.3, -0.25) is 4.98 Å². The second-order valence-electron chi connectivity index (χ2n) is 7.99. The molecule has 1 aromatic carbocycles. The number of aromatic nitrogens is 6. The number of benzene rings is 1. The van der Waals surface area contributed by atoms with Crippen molar-refractivity contribution in [3.63, 3.8) is 0 Å². The van der Waals surface area contributed by atoms with Crippen LogP contribution in [0.15, 0.2) is 67.1 Å². The van der Waals surface area contributed by atoms with Gasteiger partial charge in [0.05, 0.1) is 29.2 Å². The summed E-state index contributed by atoms with van der Waals surface area (Å²) < 4.78 is 43.7. The number of pyridine rings is 2. The molecular formula is C24H19F3IN7. The van der Waals surface area contributed by atoms with Gasteiger partial charge in [-0.25, -0.2) is 17.6 Å². The summed E-state index contributed by atoms with van der Waals surface area (Å²) in [5, 5.41) is 4.20. The first kappa shape index (κ1) is 23.4. The standard InChI is InChI=1S/C24H19F3IN7/c1-15-5-4-8-19(31-15)23-22(17-9-10-21-29-14-30-35(21)12-17)32-20(33-23)13-34(28)11-16-6-2-3-7-18(16)24(25,26)27/h2-10,12,14H,11,13H2,1H3,(H,32,33). The lowest BCUT2D eigenvalue weighted by Crippen LogP contribution is -2.16. The smallest absolute Gasteiger partial charge is 0.339 e. The Morgan fingerprint density at radius 2 is 1.83 bits per heavy atom. The first-order chi connectivity index (χ1) is 16.8. The molecule has 0 atom stereocenters. The lowest BCUT2D eigenvalue weighted by molar-refractivity contribution is -0.138. The molecule has 0 saturated carbocycles. The summed E-state index contributed by atoms with van der Waals surface area (Å²) in [6.07, 6.45) is -1.09. The summed E-state index contributed by atoms with van der Waals surface area (Å²) in [5.74, 6) is 0.607. The number of nitrogens with zero attached hydrogens (tertiary/aromatic N) is 6. The molecule has 5 aromatic rings. The number of nitrogens with one attached hydrogen (secondary N) is 1. The van der Waals surface area contributed by atoms with Crippen LogP contribution >= 0.6 is 22.9 Å². The van der Waals surface area contributed by atoms with Crippen molar-refractivity contribution in [3.05, 3.63) is 89.8 Å². The van der Waals surface area contributed by atoms with E-state index in [0.717, 1.165) is 28.7 Å². The molecule has 0 amide bonds. The van der Waals surface area contributed by atoms with Crippen molar-refractivity contribution in [1.29, 1.82) is 0 Å². The maximum Gasteiger partial charge on any atom is 0.416 e. The summed E-state index contributed by atoms with van der Waals surface area (Å²) in [6.45, 7) is 2.32. The van der Waals surface area contributed by atoms with Crippen LogP contribution in [0.25, 0.3) is 28.3 Å². The predicted molar refractivity (Wildman–Crippen MR) is 133 cm³/mol. The molecule has 7 nitrogen and oxygen atoms in total. The zero-order chi connectivity index (χ0) is 24.6. The van der Waals surface area contributed by atoms with Crippen LogP contribution in [0.4, 0.5) is 13.2 Å². The number of hydrogen-bond acceptors (Lipinski definition) is 5. The van der Waals surface area contributed by atoms with Gasteiger partial charge in [0.1, 0.15) is 12.2 Å². The van der Waals surface area contributed by atoms with Gasteiger partial charge in [-0.15, -0.1) is 0 Å². The minimum Gasteiger partial charge on any atom is -0.339 e. The van der Waals surface area contributed by atoms with Crippen molar-refractivity contribution in [2.24, 2.45) is 0 Å². The fraction of sp³-hybridized carbons (Fsp3) is 0.167. The summed E-state index contributed by atoms with van der Waals surface area (Å²) in [4.78, 5) is 17.0. The topological polar surface area (TPSA) is 75.0 Å². The second-order valence-corrected chi connectivity index (χ2v) is 9.35. The van der Waals surface area contributed by atoms with Crippen LogP contribution in [0.5, 0.6) is 0 Å². The molecule has 0 aliphatic heterocycles. The second kappa shape index (κ2) is 9.38. The SMILES string of the molecule is Cc1cccc(-c2[nH]c(CN(I)Cc3ccccc3C(F)(F)F)nc2-c2ccc3ncnn3c2)n1. The van der Waals surface area contributed by atoms with Gasteiger partial charge in [0.2, 0.25) is 0 Å². The highest BCUT2D eigenvalue weighted by molar-refractivity contribution is 14.1. The van der Waals surface area contributed by atoms with Gasteiger partial charge in [0.25, 0.3) is 0 Å². The van der Waals surface area contributed by atoms with Gasteiger partial charge in [-0.2, -0.15) is 18.3 Å². The Morgan fingerprint density at radius 3 is 2.63 bits per heavy atom. The highest BCUT2D eigenvalue weighted by Crippen LogP contribution is 2.34. The average molecular weight is 589 g/mol. The van der Waals surface area contributed by atoms with Gasteiger partial charge in [0, 0.05) is 46.9 Å². The summed E-state index contributed by atoms with van der Waals surface area (Å²) in [5.41, 5.74) is 4.08. The Labute approximate surface area is 212 Å². The minimum absolute atomic E-state index is 0.106. The van der Waals surface area contributed by atoms with E-state index in [9.17, 15) is 13.2 Å². The quantitative estimate of drug-likeness (QED) is 0.199. The molecule has 0 aliphatic carbocycles. The number of fused-ring (bicyclic) bond motifs is 1. The first-order valence-corrected chi connectivity index (χ1v) is 11.6. The zero-order valence-corrected chi connectivity index (χ0v) is 20.6. The summed E-state index contributed by atoms with van der Waals surface area (Å²) in [6, 6.07) is 15.1. The average Bonchev–Trinajstić information content (AvgIpc) is 3.45. The van der Waals surface area contributed by atoms with Crippen LogP contribution in [-0.4, -0.2) is 32.7 Å². The number of H-pyrrole nitrogens is 1. The molecular weight excluding hydrogens is 570 g/mol. The number of rotatable bonds is 6. The van der Waals surface area contributed by atoms with E-state index in [0.29, 0.717) is 23.7 Å². The Morgan fingerprint density at radius 1 is 1.00 bits per heavy atom. The monoisotopic (exact) mass is 589 g/mol. The normalized spacial score (nSPS) is 12.1. The molecule has 4 heterocycles. The van der Waals surface area contributed by atoms with Gasteiger partial charge >= 0.3 is 6.18 Å². The molecule has 4 aromatic heterocycles. The third kappa shape index (κ3) is 5.05. The highest BCUT2D eigenvalue weighted by Gasteiger charge is 2.33. The molecule has 35 heavy (non-hydrogen) atoms. The van der Waals surface area contributed by atoms with E-state index in [-0.39, 0.29) is 12.1 Å². The fourth-order valence-corrected chi connectivity index (χ4v) is 4.56. The van der Waals surface area contributed by atoms with Crippen LogP contribution in [-0.2, 0) is 19.3 Å². The van der Waals surface area contributed by atoms with Crippen LogP contribution in [0, 0.1) is 6.92 Å². The van der Waals surface area contributed by atoms with Gasteiger partial charge in [-0.1, -0.05) is 24.3 Å². The van der Waals surface area contributed by atoms with E-state index in [4.69, 9.17) is 4.98 Å². The molecule has 0 radical (unpaired) electrons. The molecule has 178 valence electrons. The molecule has 0 spiro atoms. The molecule has 11 heteroatoms. The number of halogens is 4. The van der Waals surface area contributed by atoms with Crippen molar-refractivity contribution in [2.45, 2.75) is 26.2 Å². The number of imidazole rings is 1. The van der Waals surface area contributed by atoms with E-state index >= 15 is 0 Å². The van der Waals surface area contributed by atoms with Gasteiger partial charge in [0.15, 0.2) is 5.65 Å². The van der Waals surface area contributed by atoms with Crippen molar-refractivity contribution in [1.82, 2.24) is 32.7 Å². The van der Waals surface area contributed by atoms with Crippen LogP contribution < -0.4 is 0 Å². The van der Waals surface area contributed by atoms with Gasteiger partial charge in [-0.05, 0) is 42.8 Å². The van der Waals surface area contributed by atoms with E-state index in [1.807, 2.05) is 66.3 Å². The fourth-order valence-electron chi connectivity index (χ4n) is 3.87. The van der Waals surface area contributed by atoms with E-state index in [2.05, 4.69) is 20.1 Å². The minimum atomic E-state index is -4.41. The highest BCUT2D eigenvalue weighted by atomic mass is 127. The first-order valence-electron chi connectivity index (χ1n) is 10.7. The largest absolute Gasteiger partial charge is 0.416 e. The lowest BCUT2D eigenvalue weighted by Gasteiger charge is -2.17. The summed E-state index contributed by atoms with van der Waals surface area (Å²) in [7, 11) is 0.